The lowest BCUT2D eigenvalue weighted by molar-refractivity contribution is -0.151. The molecule has 1 amide bonds. The molecule has 1 aliphatic rings. The molecule has 0 radical (unpaired) electrons. The van der Waals surface area contributed by atoms with Crippen LogP contribution >= 0.6 is 11.6 Å². The predicted molar refractivity (Wildman–Crippen MR) is 90.4 cm³/mol. The van der Waals surface area contributed by atoms with E-state index in [1.807, 2.05) is 45.0 Å². The lowest BCUT2D eigenvalue weighted by Crippen LogP contribution is -2.42. The molecule has 0 bridgehead atoms. The van der Waals surface area contributed by atoms with Gasteiger partial charge >= 0.3 is 5.97 Å². The van der Waals surface area contributed by atoms with Gasteiger partial charge in [-0.1, -0.05) is 50.6 Å². The molecule has 126 valence electrons. The molecule has 2 atom stereocenters. The van der Waals surface area contributed by atoms with Gasteiger partial charge in [0, 0.05) is 24.0 Å². The molecule has 2 unspecified atom stereocenters. The molecular formula is C18H24ClNO3. The van der Waals surface area contributed by atoms with Crippen molar-refractivity contribution in [1.82, 2.24) is 4.90 Å². The van der Waals surface area contributed by atoms with Crippen LogP contribution in [-0.2, 0) is 16.0 Å². The molecule has 1 aromatic rings. The van der Waals surface area contributed by atoms with Crippen LogP contribution in [0.15, 0.2) is 24.3 Å². The molecule has 0 aromatic heterocycles. The molecule has 0 spiro atoms. The first-order valence-electron chi connectivity index (χ1n) is 8.03. The van der Waals surface area contributed by atoms with Crippen LogP contribution < -0.4 is 0 Å². The van der Waals surface area contributed by atoms with Crippen molar-refractivity contribution < 1.29 is 14.7 Å². The number of carboxylic acid groups (broad SMARTS) is 1. The zero-order chi connectivity index (χ0) is 17.2. The van der Waals surface area contributed by atoms with E-state index < -0.39 is 11.4 Å². The molecule has 1 fully saturated rings. The first kappa shape index (κ1) is 17.8. The van der Waals surface area contributed by atoms with E-state index in [2.05, 4.69) is 0 Å². The number of carbonyl (C=O) groups excluding carboxylic acids is 1. The van der Waals surface area contributed by atoms with Gasteiger partial charge in [0.05, 0.1) is 5.41 Å². The van der Waals surface area contributed by atoms with Crippen LogP contribution in [0.25, 0.3) is 0 Å². The average molecular weight is 338 g/mol. The van der Waals surface area contributed by atoms with Crippen molar-refractivity contribution in [3.8, 4) is 0 Å². The van der Waals surface area contributed by atoms with Crippen molar-refractivity contribution in [2.24, 2.45) is 17.3 Å². The van der Waals surface area contributed by atoms with Gasteiger partial charge in [-0.25, -0.2) is 0 Å². The Kier molecular flexibility index (Phi) is 5.35. The van der Waals surface area contributed by atoms with Gasteiger partial charge in [-0.2, -0.15) is 0 Å². The van der Waals surface area contributed by atoms with E-state index in [9.17, 15) is 14.7 Å². The number of rotatable bonds is 5. The Morgan fingerprint density at radius 1 is 1.30 bits per heavy atom. The molecule has 1 aromatic carbocycles. The minimum Gasteiger partial charge on any atom is -0.481 e. The second-order valence-electron chi connectivity index (χ2n) is 6.82. The van der Waals surface area contributed by atoms with Crippen molar-refractivity contribution in [3.05, 3.63) is 34.9 Å². The molecule has 1 saturated heterocycles. The van der Waals surface area contributed by atoms with E-state index >= 15 is 0 Å². The number of likely N-dealkylation sites (tertiary alicyclic amines) is 1. The van der Waals surface area contributed by atoms with Crippen LogP contribution in [0, 0.1) is 17.3 Å². The number of carbonyl (C=O) groups is 2. The topological polar surface area (TPSA) is 57.6 Å². The SMILES string of the molecule is CC(Cc1ccccc1Cl)C(=O)N1CCC(C(=O)O)(C(C)C)C1. The van der Waals surface area contributed by atoms with Crippen molar-refractivity contribution in [3.63, 3.8) is 0 Å². The Morgan fingerprint density at radius 2 is 1.96 bits per heavy atom. The second kappa shape index (κ2) is 6.91. The van der Waals surface area contributed by atoms with Gasteiger partial charge in [-0.15, -0.1) is 0 Å². The predicted octanol–water partition coefficient (Wildman–Crippen LogP) is 3.48. The Bertz CT molecular complexity index is 602. The summed E-state index contributed by atoms with van der Waals surface area (Å²) in [6.07, 6.45) is 1.08. The van der Waals surface area contributed by atoms with E-state index in [4.69, 9.17) is 11.6 Å². The fourth-order valence-corrected chi connectivity index (χ4v) is 3.52. The molecule has 1 heterocycles. The van der Waals surface area contributed by atoms with Crippen LogP contribution in [0.3, 0.4) is 0 Å². The summed E-state index contributed by atoms with van der Waals surface area (Å²) in [5.41, 5.74) is 0.127. The Balaban J connectivity index is 2.07. The summed E-state index contributed by atoms with van der Waals surface area (Å²) in [5.74, 6) is -1.02. The molecule has 0 saturated carbocycles. The number of benzene rings is 1. The largest absolute Gasteiger partial charge is 0.481 e. The van der Waals surface area contributed by atoms with Gasteiger partial charge in [0.2, 0.25) is 5.91 Å². The highest BCUT2D eigenvalue weighted by atomic mass is 35.5. The molecule has 1 aliphatic heterocycles. The third kappa shape index (κ3) is 3.52. The van der Waals surface area contributed by atoms with Crippen LogP contribution in [0.2, 0.25) is 5.02 Å². The van der Waals surface area contributed by atoms with E-state index in [-0.39, 0.29) is 17.7 Å². The number of hydrogen-bond acceptors (Lipinski definition) is 2. The van der Waals surface area contributed by atoms with Crippen LogP contribution in [-0.4, -0.2) is 35.0 Å². The minimum atomic E-state index is -0.820. The van der Waals surface area contributed by atoms with Gasteiger partial charge < -0.3 is 10.0 Å². The summed E-state index contributed by atoms with van der Waals surface area (Å²) in [4.78, 5) is 26.1. The lowest BCUT2D eigenvalue weighted by atomic mass is 9.76. The molecule has 4 nitrogen and oxygen atoms in total. The van der Waals surface area contributed by atoms with Crippen molar-refractivity contribution in [2.45, 2.75) is 33.6 Å². The number of halogens is 1. The van der Waals surface area contributed by atoms with Crippen molar-refractivity contribution in [1.29, 1.82) is 0 Å². The fourth-order valence-electron chi connectivity index (χ4n) is 3.31. The number of carboxylic acids is 1. The Hall–Kier alpha value is -1.55. The maximum atomic E-state index is 12.7. The number of aliphatic carboxylic acids is 1. The third-order valence-corrected chi connectivity index (χ3v) is 5.42. The molecule has 2 rings (SSSR count). The Morgan fingerprint density at radius 3 is 2.48 bits per heavy atom. The molecule has 0 aliphatic carbocycles. The highest BCUT2D eigenvalue weighted by molar-refractivity contribution is 6.31. The summed E-state index contributed by atoms with van der Waals surface area (Å²) in [7, 11) is 0. The van der Waals surface area contributed by atoms with E-state index in [1.165, 1.54) is 0 Å². The number of hydrogen-bond donors (Lipinski definition) is 1. The summed E-state index contributed by atoms with van der Waals surface area (Å²) < 4.78 is 0. The van der Waals surface area contributed by atoms with Crippen molar-refractivity contribution >= 4 is 23.5 Å². The standard InChI is InChI=1S/C18H24ClNO3/c1-12(2)18(17(22)23)8-9-20(11-18)16(21)13(3)10-14-6-4-5-7-15(14)19/h4-7,12-13H,8-11H2,1-3H3,(H,22,23). The van der Waals surface area contributed by atoms with Crippen LogP contribution in [0.4, 0.5) is 0 Å². The second-order valence-corrected chi connectivity index (χ2v) is 7.23. The molecule has 1 N–H and O–H groups in total. The summed E-state index contributed by atoms with van der Waals surface area (Å²) in [6.45, 7) is 6.51. The normalized spacial score (nSPS) is 22.4. The number of amides is 1. The minimum absolute atomic E-state index is 0.00308. The van der Waals surface area contributed by atoms with E-state index in [0.29, 0.717) is 31.0 Å². The molecular weight excluding hydrogens is 314 g/mol. The summed E-state index contributed by atoms with van der Waals surface area (Å²) in [5, 5.41) is 10.3. The van der Waals surface area contributed by atoms with Gasteiger partial charge in [0.15, 0.2) is 0 Å². The highest BCUT2D eigenvalue weighted by Crippen LogP contribution is 2.38. The molecule has 5 heteroatoms. The zero-order valence-corrected chi connectivity index (χ0v) is 14.6. The van der Waals surface area contributed by atoms with E-state index in [0.717, 1.165) is 5.56 Å². The quantitative estimate of drug-likeness (QED) is 0.895. The molecule has 23 heavy (non-hydrogen) atoms. The van der Waals surface area contributed by atoms with Gasteiger partial charge in [0.1, 0.15) is 0 Å². The highest BCUT2D eigenvalue weighted by Gasteiger charge is 2.48. The maximum absolute atomic E-state index is 12.7. The fraction of sp³-hybridized carbons (Fsp3) is 0.556. The third-order valence-electron chi connectivity index (χ3n) is 5.05. The van der Waals surface area contributed by atoms with Gasteiger partial charge in [-0.05, 0) is 30.4 Å². The Labute approximate surface area is 142 Å². The number of nitrogens with zero attached hydrogens (tertiary/aromatic N) is 1. The smallest absolute Gasteiger partial charge is 0.311 e. The van der Waals surface area contributed by atoms with E-state index in [1.54, 1.807) is 4.90 Å². The van der Waals surface area contributed by atoms with Crippen LogP contribution in [0.1, 0.15) is 32.8 Å². The lowest BCUT2D eigenvalue weighted by Gasteiger charge is -2.29. The monoisotopic (exact) mass is 337 g/mol. The maximum Gasteiger partial charge on any atom is 0.311 e. The van der Waals surface area contributed by atoms with Crippen molar-refractivity contribution in [2.75, 3.05) is 13.1 Å². The first-order chi connectivity index (χ1) is 10.8. The first-order valence-corrected chi connectivity index (χ1v) is 8.41. The summed E-state index contributed by atoms with van der Waals surface area (Å²) >= 11 is 6.16. The summed E-state index contributed by atoms with van der Waals surface area (Å²) in [6, 6.07) is 7.51. The van der Waals surface area contributed by atoms with Gasteiger partial charge in [0.25, 0.3) is 0 Å². The average Bonchev–Trinajstić information content (AvgIpc) is 2.95. The van der Waals surface area contributed by atoms with Gasteiger partial charge in [-0.3, -0.25) is 9.59 Å². The van der Waals surface area contributed by atoms with Crippen LogP contribution in [0.5, 0.6) is 0 Å². The zero-order valence-electron chi connectivity index (χ0n) is 13.9.